The maximum absolute atomic E-state index is 11.0. The first-order valence-corrected chi connectivity index (χ1v) is 3.87. The van der Waals surface area contributed by atoms with Crippen LogP contribution in [0.2, 0.25) is 0 Å². The van der Waals surface area contributed by atoms with E-state index in [1.54, 1.807) is 0 Å². The molecule has 0 atom stereocenters. The van der Waals surface area contributed by atoms with E-state index in [1.165, 1.54) is 18.4 Å². The number of nitrogens with one attached hydrogen (secondary N) is 1. The molecular formula is C8H11NO. The topological polar surface area (TPSA) is 29.1 Å². The highest BCUT2D eigenvalue weighted by atomic mass is 16.1. The minimum Gasteiger partial charge on any atom is -0.349 e. The Morgan fingerprint density at radius 1 is 1.20 bits per heavy atom. The van der Waals surface area contributed by atoms with Gasteiger partial charge in [0.25, 0.3) is 0 Å². The molecule has 10 heavy (non-hydrogen) atoms. The second-order valence-electron chi connectivity index (χ2n) is 2.97. The number of hydrogen-bond donors (Lipinski definition) is 1. The van der Waals surface area contributed by atoms with Gasteiger partial charge in [0.05, 0.1) is 0 Å². The zero-order valence-corrected chi connectivity index (χ0v) is 5.94. The molecule has 1 heterocycles. The molecule has 2 aliphatic rings. The van der Waals surface area contributed by atoms with Gasteiger partial charge in [-0.05, 0) is 31.3 Å². The molecule has 2 rings (SSSR count). The summed E-state index contributed by atoms with van der Waals surface area (Å²) in [7, 11) is 0. The van der Waals surface area contributed by atoms with Gasteiger partial charge in [0.1, 0.15) is 0 Å². The number of amides is 1. The van der Waals surface area contributed by atoms with Crippen LogP contribution in [0, 0.1) is 0 Å². The number of hydrogen-bond acceptors (Lipinski definition) is 1. The Morgan fingerprint density at radius 3 is 2.80 bits per heavy atom. The van der Waals surface area contributed by atoms with Gasteiger partial charge in [-0.25, -0.2) is 0 Å². The number of carbonyl (C=O) groups is 1. The summed E-state index contributed by atoms with van der Waals surface area (Å²) in [5.41, 5.74) is 2.46. The van der Waals surface area contributed by atoms with Crippen LogP contribution in [0.15, 0.2) is 11.1 Å². The van der Waals surface area contributed by atoms with Gasteiger partial charge < -0.3 is 5.32 Å². The summed E-state index contributed by atoms with van der Waals surface area (Å²) in [6, 6.07) is 0. The van der Waals surface area contributed by atoms with Gasteiger partial charge in [-0.3, -0.25) is 4.79 Å². The summed E-state index contributed by atoms with van der Waals surface area (Å²) in [6.07, 6.45) is 4.63. The molecular weight excluding hydrogens is 126 g/mol. The van der Waals surface area contributed by atoms with E-state index in [-0.39, 0.29) is 5.91 Å². The van der Waals surface area contributed by atoms with Crippen molar-refractivity contribution in [1.82, 2.24) is 5.32 Å². The minimum atomic E-state index is 0.190. The fraction of sp³-hybridized carbons (Fsp3) is 0.625. The van der Waals surface area contributed by atoms with Gasteiger partial charge in [-0.2, -0.15) is 0 Å². The fourth-order valence-electron chi connectivity index (χ4n) is 1.73. The predicted octanol–water partition coefficient (Wildman–Crippen LogP) is 0.987. The van der Waals surface area contributed by atoms with Crippen molar-refractivity contribution in [1.29, 1.82) is 0 Å². The number of carbonyl (C=O) groups excluding carboxylic acids is 1. The van der Waals surface area contributed by atoms with Gasteiger partial charge in [0, 0.05) is 12.1 Å². The van der Waals surface area contributed by atoms with Gasteiger partial charge >= 0.3 is 0 Å². The van der Waals surface area contributed by atoms with Gasteiger partial charge in [-0.1, -0.05) is 0 Å². The first kappa shape index (κ1) is 5.96. The van der Waals surface area contributed by atoms with Crippen molar-refractivity contribution >= 4 is 5.91 Å². The van der Waals surface area contributed by atoms with E-state index in [4.69, 9.17) is 0 Å². The Kier molecular flexibility index (Phi) is 1.26. The summed E-state index contributed by atoms with van der Waals surface area (Å²) < 4.78 is 0. The van der Waals surface area contributed by atoms with Crippen molar-refractivity contribution in [3.63, 3.8) is 0 Å². The van der Waals surface area contributed by atoms with Crippen LogP contribution in [0.4, 0.5) is 0 Å². The van der Waals surface area contributed by atoms with Crippen LogP contribution < -0.4 is 5.32 Å². The van der Waals surface area contributed by atoms with Crippen molar-refractivity contribution in [3.8, 4) is 0 Å². The minimum absolute atomic E-state index is 0.190. The third-order valence-electron chi connectivity index (χ3n) is 2.32. The molecule has 0 aromatic heterocycles. The van der Waals surface area contributed by atoms with E-state index in [0.717, 1.165) is 25.0 Å². The van der Waals surface area contributed by atoms with Crippen molar-refractivity contribution in [3.05, 3.63) is 11.1 Å². The quantitative estimate of drug-likeness (QED) is 0.530. The fourth-order valence-corrected chi connectivity index (χ4v) is 1.73. The second kappa shape index (κ2) is 2.11. The SMILES string of the molecule is O=C1NCC2=C1CCCC2. The van der Waals surface area contributed by atoms with E-state index in [0.29, 0.717) is 0 Å². The molecule has 0 radical (unpaired) electrons. The maximum atomic E-state index is 11.0. The average molecular weight is 137 g/mol. The molecule has 1 aliphatic heterocycles. The van der Waals surface area contributed by atoms with E-state index >= 15 is 0 Å². The first-order valence-electron chi connectivity index (χ1n) is 3.87. The van der Waals surface area contributed by atoms with Crippen LogP contribution >= 0.6 is 0 Å². The lowest BCUT2D eigenvalue weighted by Crippen LogP contribution is -2.17. The molecule has 0 fully saturated rings. The first-order chi connectivity index (χ1) is 4.88. The lowest BCUT2D eigenvalue weighted by Gasteiger charge is -2.09. The molecule has 2 heteroatoms. The molecule has 0 unspecified atom stereocenters. The lowest BCUT2D eigenvalue weighted by molar-refractivity contribution is -0.116. The predicted molar refractivity (Wildman–Crippen MR) is 38.5 cm³/mol. The van der Waals surface area contributed by atoms with Crippen molar-refractivity contribution < 1.29 is 4.79 Å². The van der Waals surface area contributed by atoms with Crippen LogP contribution in [-0.4, -0.2) is 12.5 Å². The van der Waals surface area contributed by atoms with E-state index in [1.807, 2.05) is 0 Å². The Hall–Kier alpha value is -0.790. The largest absolute Gasteiger partial charge is 0.349 e. The van der Waals surface area contributed by atoms with Crippen LogP contribution in [0.5, 0.6) is 0 Å². The molecule has 1 amide bonds. The van der Waals surface area contributed by atoms with Crippen molar-refractivity contribution in [2.45, 2.75) is 25.7 Å². The molecule has 0 saturated heterocycles. The molecule has 1 aliphatic carbocycles. The van der Waals surface area contributed by atoms with Crippen LogP contribution in [-0.2, 0) is 4.79 Å². The standard InChI is InChI=1S/C8H11NO/c10-8-7-4-2-1-3-6(7)5-9-8/h1-5H2,(H,9,10). The molecule has 0 aromatic rings. The zero-order valence-electron chi connectivity index (χ0n) is 5.94. The highest BCUT2D eigenvalue weighted by Gasteiger charge is 2.23. The summed E-state index contributed by atoms with van der Waals surface area (Å²) in [5.74, 6) is 0.190. The zero-order chi connectivity index (χ0) is 6.97. The van der Waals surface area contributed by atoms with Crippen LogP contribution in [0.3, 0.4) is 0 Å². The monoisotopic (exact) mass is 137 g/mol. The third kappa shape index (κ3) is 0.753. The molecule has 0 aromatic carbocycles. The highest BCUT2D eigenvalue weighted by molar-refractivity contribution is 5.97. The Bertz CT molecular complexity index is 205. The Balaban J connectivity index is 2.29. The molecule has 2 nitrogen and oxygen atoms in total. The number of rotatable bonds is 0. The van der Waals surface area contributed by atoms with Crippen molar-refractivity contribution in [2.24, 2.45) is 0 Å². The summed E-state index contributed by atoms with van der Waals surface area (Å²) in [5, 5.41) is 2.85. The van der Waals surface area contributed by atoms with Crippen molar-refractivity contribution in [2.75, 3.05) is 6.54 Å². The molecule has 54 valence electrons. The highest BCUT2D eigenvalue weighted by Crippen LogP contribution is 2.27. The van der Waals surface area contributed by atoms with E-state index in [9.17, 15) is 4.79 Å². The molecule has 0 bridgehead atoms. The molecule has 0 saturated carbocycles. The normalized spacial score (nSPS) is 24.6. The Labute approximate surface area is 60.3 Å². The molecule has 0 spiro atoms. The van der Waals surface area contributed by atoms with Gasteiger partial charge in [0.2, 0.25) is 5.91 Å². The lowest BCUT2D eigenvalue weighted by atomic mass is 9.94. The maximum Gasteiger partial charge on any atom is 0.247 e. The van der Waals surface area contributed by atoms with Crippen LogP contribution in [0.1, 0.15) is 25.7 Å². The van der Waals surface area contributed by atoms with Gasteiger partial charge in [-0.15, -0.1) is 0 Å². The van der Waals surface area contributed by atoms with Gasteiger partial charge in [0.15, 0.2) is 0 Å². The van der Waals surface area contributed by atoms with Crippen LogP contribution in [0.25, 0.3) is 0 Å². The summed E-state index contributed by atoms with van der Waals surface area (Å²) in [4.78, 5) is 11.0. The average Bonchev–Trinajstić information content (AvgIpc) is 2.34. The van der Waals surface area contributed by atoms with E-state index < -0.39 is 0 Å². The Morgan fingerprint density at radius 2 is 2.00 bits per heavy atom. The molecule has 1 N–H and O–H groups in total. The summed E-state index contributed by atoms with van der Waals surface area (Å²) in [6.45, 7) is 0.828. The third-order valence-corrected chi connectivity index (χ3v) is 2.32. The smallest absolute Gasteiger partial charge is 0.247 e. The van der Waals surface area contributed by atoms with E-state index in [2.05, 4.69) is 5.32 Å². The second-order valence-corrected chi connectivity index (χ2v) is 2.97. The summed E-state index contributed by atoms with van der Waals surface area (Å²) >= 11 is 0.